The molecule has 24 heavy (non-hydrogen) atoms. The second-order valence-electron chi connectivity index (χ2n) is 6.60. The smallest absolute Gasteiger partial charge is 0.256 e. The summed E-state index contributed by atoms with van der Waals surface area (Å²) in [6, 6.07) is 7.36. The molecule has 4 nitrogen and oxygen atoms in total. The van der Waals surface area contributed by atoms with Crippen LogP contribution in [0.1, 0.15) is 30.6 Å². The second kappa shape index (κ2) is 7.87. The maximum Gasteiger partial charge on any atom is 0.256 e. The van der Waals surface area contributed by atoms with Crippen LogP contribution in [-0.4, -0.2) is 34.9 Å². The van der Waals surface area contributed by atoms with Gasteiger partial charge in [-0.15, -0.1) is 24.8 Å². The molecule has 2 N–H and O–H groups in total. The van der Waals surface area contributed by atoms with E-state index in [1.54, 1.807) is 18.3 Å². The Morgan fingerprint density at radius 1 is 1.33 bits per heavy atom. The Labute approximate surface area is 159 Å². The quantitative estimate of drug-likeness (QED) is 0.802. The number of halogens is 3. The molecule has 0 radical (unpaired) electrons. The monoisotopic (exact) mass is 389 g/mol. The third-order valence-electron chi connectivity index (χ3n) is 4.55. The summed E-state index contributed by atoms with van der Waals surface area (Å²) in [7, 11) is 0. The zero-order valence-corrected chi connectivity index (χ0v) is 16.0. The van der Waals surface area contributed by atoms with Crippen molar-refractivity contribution in [3.8, 4) is 0 Å². The maximum atomic E-state index is 12.9. The first-order valence-electron chi connectivity index (χ1n) is 7.48. The van der Waals surface area contributed by atoms with Gasteiger partial charge in [0.25, 0.3) is 5.91 Å². The first-order chi connectivity index (χ1) is 10.4. The van der Waals surface area contributed by atoms with E-state index in [1.807, 2.05) is 17.0 Å². The van der Waals surface area contributed by atoms with E-state index >= 15 is 0 Å². The van der Waals surface area contributed by atoms with Crippen molar-refractivity contribution in [1.82, 2.24) is 9.88 Å². The van der Waals surface area contributed by atoms with Gasteiger partial charge in [-0.25, -0.2) is 0 Å². The van der Waals surface area contributed by atoms with E-state index in [-0.39, 0.29) is 42.2 Å². The number of benzene rings is 1. The number of piperidine rings is 1. The van der Waals surface area contributed by atoms with Crippen molar-refractivity contribution in [2.24, 2.45) is 11.1 Å². The number of pyridine rings is 1. The molecule has 1 amide bonds. The molecule has 7 heteroatoms. The summed E-state index contributed by atoms with van der Waals surface area (Å²) in [5.74, 6) is 0.000316. The van der Waals surface area contributed by atoms with Crippen LogP contribution in [0.25, 0.3) is 10.9 Å². The van der Waals surface area contributed by atoms with Gasteiger partial charge in [-0.1, -0.05) is 25.4 Å². The number of hydrogen-bond acceptors (Lipinski definition) is 3. The van der Waals surface area contributed by atoms with Crippen LogP contribution >= 0.6 is 36.4 Å². The van der Waals surface area contributed by atoms with Crippen LogP contribution in [0.2, 0.25) is 5.02 Å². The van der Waals surface area contributed by atoms with Crippen molar-refractivity contribution in [2.45, 2.75) is 26.3 Å². The van der Waals surface area contributed by atoms with Crippen LogP contribution in [0.5, 0.6) is 0 Å². The average Bonchev–Trinajstić information content (AvgIpc) is 2.50. The molecule has 1 saturated heterocycles. The molecule has 1 aliphatic heterocycles. The summed E-state index contributed by atoms with van der Waals surface area (Å²) in [5.41, 5.74) is 7.34. The lowest BCUT2D eigenvalue weighted by molar-refractivity contribution is 0.0534. The highest BCUT2D eigenvalue weighted by atomic mass is 35.5. The number of nitrogens with two attached hydrogens (primary N) is 1. The number of amides is 1. The van der Waals surface area contributed by atoms with Crippen molar-refractivity contribution in [1.29, 1.82) is 0 Å². The number of carbonyl (C=O) groups is 1. The third-order valence-corrected chi connectivity index (χ3v) is 4.88. The first-order valence-corrected chi connectivity index (χ1v) is 7.86. The number of carbonyl (C=O) groups excluding carboxylic acids is 1. The molecule has 1 atom stereocenters. The zero-order chi connectivity index (χ0) is 15.9. The molecule has 1 aliphatic rings. The van der Waals surface area contributed by atoms with E-state index in [1.165, 1.54) is 0 Å². The minimum atomic E-state index is -0.0798. The highest BCUT2D eigenvalue weighted by molar-refractivity contribution is 6.36. The molecule has 3 rings (SSSR count). The number of likely N-dealkylation sites (tertiary alicyclic amines) is 1. The molecule has 1 aromatic heterocycles. The van der Waals surface area contributed by atoms with Crippen LogP contribution in [0, 0.1) is 5.41 Å². The molecular weight excluding hydrogens is 369 g/mol. The lowest BCUT2D eigenvalue weighted by Crippen LogP contribution is -2.54. The second-order valence-corrected chi connectivity index (χ2v) is 7.01. The normalized spacial score (nSPS) is 19.3. The Bertz CT molecular complexity index is 736. The van der Waals surface area contributed by atoms with Gasteiger partial charge < -0.3 is 10.6 Å². The summed E-state index contributed by atoms with van der Waals surface area (Å²) in [4.78, 5) is 19.1. The van der Waals surface area contributed by atoms with Crippen molar-refractivity contribution < 1.29 is 4.79 Å². The molecule has 1 fully saturated rings. The summed E-state index contributed by atoms with van der Waals surface area (Å²) >= 11 is 6.20. The van der Waals surface area contributed by atoms with Gasteiger partial charge in [-0.2, -0.15) is 0 Å². The largest absolute Gasteiger partial charge is 0.338 e. The lowest BCUT2D eigenvalue weighted by Gasteiger charge is -2.42. The van der Waals surface area contributed by atoms with Crippen molar-refractivity contribution in [3.05, 3.63) is 41.0 Å². The topological polar surface area (TPSA) is 59.2 Å². The fourth-order valence-electron chi connectivity index (χ4n) is 3.03. The van der Waals surface area contributed by atoms with E-state index in [9.17, 15) is 4.79 Å². The van der Waals surface area contributed by atoms with Crippen molar-refractivity contribution in [3.63, 3.8) is 0 Å². The van der Waals surface area contributed by atoms with Crippen LogP contribution < -0.4 is 5.73 Å². The van der Waals surface area contributed by atoms with Crippen LogP contribution in [-0.2, 0) is 0 Å². The molecule has 2 aromatic rings. The summed E-state index contributed by atoms with van der Waals surface area (Å²) in [6.07, 6.45) is 2.50. The van der Waals surface area contributed by atoms with Gasteiger partial charge >= 0.3 is 0 Å². The van der Waals surface area contributed by atoms with Gasteiger partial charge in [-0.3, -0.25) is 9.78 Å². The molecule has 0 bridgehead atoms. The van der Waals surface area contributed by atoms with Crippen molar-refractivity contribution in [2.75, 3.05) is 13.1 Å². The number of rotatable bonds is 1. The zero-order valence-electron chi connectivity index (χ0n) is 13.7. The van der Waals surface area contributed by atoms with Gasteiger partial charge in [0, 0.05) is 30.7 Å². The fourth-order valence-corrected chi connectivity index (χ4v) is 3.24. The first kappa shape index (κ1) is 21.0. The molecule has 0 spiro atoms. The van der Waals surface area contributed by atoms with Gasteiger partial charge in [0.15, 0.2) is 0 Å². The van der Waals surface area contributed by atoms with E-state index in [4.69, 9.17) is 17.3 Å². The predicted octanol–water partition coefficient (Wildman–Crippen LogP) is 3.93. The summed E-state index contributed by atoms with van der Waals surface area (Å²) in [6.45, 7) is 5.55. The summed E-state index contributed by atoms with van der Waals surface area (Å²) in [5, 5.41) is 1.42. The van der Waals surface area contributed by atoms with Gasteiger partial charge in [0.2, 0.25) is 0 Å². The van der Waals surface area contributed by atoms with E-state index in [0.29, 0.717) is 29.2 Å². The summed E-state index contributed by atoms with van der Waals surface area (Å²) < 4.78 is 0. The third kappa shape index (κ3) is 3.77. The van der Waals surface area contributed by atoms with E-state index in [2.05, 4.69) is 18.8 Å². The van der Waals surface area contributed by atoms with Gasteiger partial charge in [0.1, 0.15) is 0 Å². The van der Waals surface area contributed by atoms with Crippen LogP contribution in [0.3, 0.4) is 0 Å². The van der Waals surface area contributed by atoms with Crippen molar-refractivity contribution >= 4 is 53.2 Å². The molecule has 1 unspecified atom stereocenters. The molecule has 0 aliphatic carbocycles. The SMILES string of the molecule is CC1(C)CN(C(=O)c2ccc(Cl)c3cccnc23)CCC1N.Cl.Cl. The lowest BCUT2D eigenvalue weighted by atomic mass is 9.79. The highest BCUT2D eigenvalue weighted by Crippen LogP contribution is 2.30. The minimum Gasteiger partial charge on any atom is -0.338 e. The molecule has 0 saturated carbocycles. The number of hydrogen-bond donors (Lipinski definition) is 1. The standard InChI is InChI=1S/C17H20ClN3O.2ClH/c1-17(2)10-21(9-7-14(17)19)16(22)12-5-6-13(18)11-4-3-8-20-15(11)12;;/h3-6,8,14H,7,9-10,19H2,1-2H3;2*1H. The van der Waals surface area contributed by atoms with Gasteiger partial charge in [-0.05, 0) is 36.1 Å². The molecule has 132 valence electrons. The van der Waals surface area contributed by atoms with E-state index in [0.717, 1.165) is 11.8 Å². The van der Waals surface area contributed by atoms with Gasteiger partial charge in [0.05, 0.1) is 16.1 Å². The Morgan fingerprint density at radius 2 is 2.04 bits per heavy atom. The average molecular weight is 391 g/mol. The Morgan fingerprint density at radius 3 is 2.71 bits per heavy atom. The number of nitrogens with zero attached hydrogens (tertiary/aromatic N) is 2. The number of fused-ring (bicyclic) bond motifs is 1. The highest BCUT2D eigenvalue weighted by Gasteiger charge is 2.36. The molecular formula is C17H22Cl3N3O. The van der Waals surface area contributed by atoms with Crippen LogP contribution in [0.4, 0.5) is 0 Å². The Kier molecular flexibility index (Phi) is 6.88. The Hall–Kier alpha value is -1.07. The van der Waals surface area contributed by atoms with E-state index < -0.39 is 0 Å². The number of aromatic nitrogens is 1. The maximum absolute atomic E-state index is 12.9. The fraction of sp³-hybridized carbons (Fsp3) is 0.412. The Balaban J connectivity index is 0.00000144. The minimum absolute atomic E-state index is 0. The molecule has 2 heterocycles. The molecule has 1 aromatic carbocycles. The predicted molar refractivity (Wildman–Crippen MR) is 104 cm³/mol. The van der Waals surface area contributed by atoms with Crippen LogP contribution in [0.15, 0.2) is 30.5 Å².